The van der Waals surface area contributed by atoms with E-state index in [0.717, 1.165) is 5.92 Å². The van der Waals surface area contributed by atoms with Crippen molar-refractivity contribution in [2.45, 2.75) is 66.7 Å². The van der Waals surface area contributed by atoms with E-state index in [4.69, 9.17) is 0 Å². The molecule has 0 radical (unpaired) electrons. The van der Waals surface area contributed by atoms with Crippen molar-refractivity contribution in [3.8, 4) is 0 Å². The van der Waals surface area contributed by atoms with Crippen LogP contribution in [0.1, 0.15) is 65.1 Å². The minimum absolute atomic E-state index is 0.821. The molecule has 1 heterocycles. The van der Waals surface area contributed by atoms with Gasteiger partial charge in [0, 0.05) is 11.9 Å². The van der Waals surface area contributed by atoms with Gasteiger partial charge in [-0.25, -0.2) is 0 Å². The number of nitrogens with zero attached hydrogens (tertiary/aromatic N) is 1. The van der Waals surface area contributed by atoms with Gasteiger partial charge in [0.2, 0.25) is 0 Å². The van der Waals surface area contributed by atoms with E-state index in [9.17, 15) is 0 Å². The Bertz CT molecular complexity index is 281. The Morgan fingerprint density at radius 2 is 1.94 bits per heavy atom. The van der Waals surface area contributed by atoms with E-state index in [1.165, 1.54) is 43.4 Å². The summed E-state index contributed by atoms with van der Waals surface area (Å²) in [6.45, 7) is 10.6. The summed E-state index contributed by atoms with van der Waals surface area (Å²) in [6.07, 6.45) is 8.26. The van der Waals surface area contributed by atoms with Crippen LogP contribution in [0.3, 0.4) is 0 Å². The van der Waals surface area contributed by atoms with Gasteiger partial charge in [-0.1, -0.05) is 53.5 Å². The zero-order chi connectivity index (χ0) is 13.1. The van der Waals surface area contributed by atoms with Crippen molar-refractivity contribution in [2.24, 2.45) is 5.92 Å². The van der Waals surface area contributed by atoms with E-state index in [2.05, 4.69) is 37.9 Å². The van der Waals surface area contributed by atoms with Crippen molar-refractivity contribution >= 4 is 0 Å². The summed E-state index contributed by atoms with van der Waals surface area (Å²) in [7, 11) is 0. The Kier molecular flexibility index (Phi) is 9.80. The summed E-state index contributed by atoms with van der Waals surface area (Å²) in [6, 6.07) is 4.27. The molecule has 1 heteroatoms. The third-order valence-electron chi connectivity index (χ3n) is 2.67. The summed E-state index contributed by atoms with van der Waals surface area (Å²) >= 11 is 0. The number of pyridine rings is 1. The van der Waals surface area contributed by atoms with Crippen molar-refractivity contribution in [1.82, 2.24) is 4.98 Å². The van der Waals surface area contributed by atoms with E-state index in [1.807, 2.05) is 20.0 Å². The number of fused-ring (bicyclic) bond motifs is 1. The average Bonchev–Trinajstić information content (AvgIpc) is 2.53. The molecular formula is C16H29N. The smallest absolute Gasteiger partial charge is 0.0438 e. The molecule has 0 bridgehead atoms. The van der Waals surface area contributed by atoms with Crippen molar-refractivity contribution in [3.05, 3.63) is 29.6 Å². The number of aryl methyl sites for hydroxylation is 1. The van der Waals surface area contributed by atoms with Crippen molar-refractivity contribution < 1.29 is 0 Å². The SMILES string of the molecule is CC.CC1CCCc2cccnc2C1.CCC. The Balaban J connectivity index is 0.000000450. The zero-order valence-corrected chi connectivity index (χ0v) is 12.3. The van der Waals surface area contributed by atoms with Crippen LogP contribution >= 0.6 is 0 Å². The number of aromatic nitrogens is 1. The topological polar surface area (TPSA) is 12.9 Å². The minimum Gasteiger partial charge on any atom is -0.261 e. The predicted octanol–water partition coefficient (Wildman–Crippen LogP) is 5.04. The maximum Gasteiger partial charge on any atom is 0.0438 e. The predicted molar refractivity (Wildman–Crippen MR) is 77.4 cm³/mol. The highest BCUT2D eigenvalue weighted by Crippen LogP contribution is 2.21. The molecule has 1 aliphatic carbocycles. The molecule has 1 aliphatic rings. The maximum absolute atomic E-state index is 4.43. The van der Waals surface area contributed by atoms with Crippen LogP contribution in [0.2, 0.25) is 0 Å². The van der Waals surface area contributed by atoms with Gasteiger partial charge in [-0.2, -0.15) is 0 Å². The first-order valence-electron chi connectivity index (χ1n) is 7.20. The van der Waals surface area contributed by atoms with E-state index in [0.29, 0.717) is 0 Å². The highest BCUT2D eigenvalue weighted by Gasteiger charge is 2.12. The Morgan fingerprint density at radius 1 is 1.29 bits per heavy atom. The molecular weight excluding hydrogens is 206 g/mol. The monoisotopic (exact) mass is 235 g/mol. The lowest BCUT2D eigenvalue weighted by molar-refractivity contribution is 0.523. The molecule has 1 unspecified atom stereocenters. The molecule has 0 saturated carbocycles. The van der Waals surface area contributed by atoms with Gasteiger partial charge in [-0.15, -0.1) is 0 Å². The summed E-state index contributed by atoms with van der Waals surface area (Å²) in [5.74, 6) is 0.821. The van der Waals surface area contributed by atoms with Crippen LogP contribution < -0.4 is 0 Å². The fourth-order valence-corrected chi connectivity index (χ4v) is 1.96. The van der Waals surface area contributed by atoms with Gasteiger partial charge < -0.3 is 0 Å². The normalized spacial score (nSPS) is 17.6. The largest absolute Gasteiger partial charge is 0.261 e. The van der Waals surface area contributed by atoms with Gasteiger partial charge in [-0.05, 0) is 36.8 Å². The molecule has 0 aliphatic heterocycles. The fraction of sp³-hybridized carbons (Fsp3) is 0.688. The van der Waals surface area contributed by atoms with Gasteiger partial charge >= 0.3 is 0 Å². The molecule has 0 saturated heterocycles. The zero-order valence-electron chi connectivity index (χ0n) is 12.3. The highest BCUT2D eigenvalue weighted by atomic mass is 14.7. The molecule has 1 aromatic heterocycles. The summed E-state index contributed by atoms with van der Waals surface area (Å²) in [5.41, 5.74) is 2.81. The first-order valence-corrected chi connectivity index (χ1v) is 7.20. The number of hydrogen-bond donors (Lipinski definition) is 0. The van der Waals surface area contributed by atoms with Crippen LogP contribution in [0.25, 0.3) is 0 Å². The van der Waals surface area contributed by atoms with Crippen LogP contribution in [-0.4, -0.2) is 4.98 Å². The number of rotatable bonds is 0. The van der Waals surface area contributed by atoms with Gasteiger partial charge in [0.05, 0.1) is 0 Å². The molecule has 0 aromatic carbocycles. The number of hydrogen-bond acceptors (Lipinski definition) is 1. The minimum atomic E-state index is 0.821. The Morgan fingerprint density at radius 3 is 2.59 bits per heavy atom. The Labute approximate surface area is 108 Å². The first-order chi connectivity index (χ1) is 8.27. The quantitative estimate of drug-likeness (QED) is 0.574. The summed E-state index contributed by atoms with van der Waals surface area (Å²) in [5, 5.41) is 0. The van der Waals surface area contributed by atoms with Crippen LogP contribution in [-0.2, 0) is 12.8 Å². The molecule has 1 aromatic rings. The van der Waals surface area contributed by atoms with E-state index < -0.39 is 0 Å². The second kappa shape index (κ2) is 10.3. The molecule has 0 spiro atoms. The molecule has 0 fully saturated rings. The third kappa shape index (κ3) is 6.45. The first kappa shape index (κ1) is 16.1. The van der Waals surface area contributed by atoms with Crippen molar-refractivity contribution in [1.29, 1.82) is 0 Å². The molecule has 1 atom stereocenters. The van der Waals surface area contributed by atoms with Crippen LogP contribution in [0.4, 0.5) is 0 Å². The third-order valence-corrected chi connectivity index (χ3v) is 2.67. The molecule has 17 heavy (non-hydrogen) atoms. The van der Waals surface area contributed by atoms with E-state index in [-0.39, 0.29) is 0 Å². The lowest BCUT2D eigenvalue weighted by Crippen LogP contribution is -1.99. The van der Waals surface area contributed by atoms with Gasteiger partial charge in [0.1, 0.15) is 0 Å². The van der Waals surface area contributed by atoms with Crippen LogP contribution in [0.5, 0.6) is 0 Å². The molecule has 98 valence electrons. The van der Waals surface area contributed by atoms with E-state index in [1.54, 1.807) is 0 Å². The van der Waals surface area contributed by atoms with Gasteiger partial charge in [0.15, 0.2) is 0 Å². The van der Waals surface area contributed by atoms with Crippen molar-refractivity contribution in [3.63, 3.8) is 0 Å². The molecule has 0 N–H and O–H groups in total. The highest BCUT2D eigenvalue weighted by molar-refractivity contribution is 5.21. The standard InChI is InChI=1S/C11H15N.C3H8.C2H6/c1-9-4-2-5-10-6-3-7-12-11(10)8-9;1-3-2;1-2/h3,6-7,9H,2,4-5,8H2,1H3;3H2,1-2H3;1-2H3. The molecule has 2 rings (SSSR count). The lowest BCUT2D eigenvalue weighted by atomic mass is 10.0. The second-order valence-electron chi connectivity index (χ2n) is 4.52. The fourth-order valence-electron chi connectivity index (χ4n) is 1.96. The summed E-state index contributed by atoms with van der Waals surface area (Å²) in [4.78, 5) is 4.43. The average molecular weight is 235 g/mol. The van der Waals surface area contributed by atoms with Gasteiger partial charge in [-0.3, -0.25) is 4.98 Å². The molecule has 1 nitrogen and oxygen atoms in total. The maximum atomic E-state index is 4.43. The van der Waals surface area contributed by atoms with E-state index >= 15 is 0 Å². The summed E-state index contributed by atoms with van der Waals surface area (Å²) < 4.78 is 0. The van der Waals surface area contributed by atoms with Crippen LogP contribution in [0, 0.1) is 5.92 Å². The van der Waals surface area contributed by atoms with Crippen LogP contribution in [0.15, 0.2) is 18.3 Å². The molecule has 0 amide bonds. The van der Waals surface area contributed by atoms with Crippen molar-refractivity contribution in [2.75, 3.05) is 0 Å². The second-order valence-corrected chi connectivity index (χ2v) is 4.52. The Hall–Kier alpha value is -0.850. The lowest BCUT2D eigenvalue weighted by Gasteiger charge is -2.05. The van der Waals surface area contributed by atoms with Gasteiger partial charge in [0.25, 0.3) is 0 Å².